The van der Waals surface area contributed by atoms with Gasteiger partial charge in [0.2, 0.25) is 11.8 Å². The minimum absolute atomic E-state index is 0.0308. The predicted octanol–water partition coefficient (Wildman–Crippen LogP) is 4.55. The van der Waals surface area contributed by atoms with E-state index in [9.17, 15) is 32.4 Å². The molecule has 1 aromatic carbocycles. The van der Waals surface area contributed by atoms with Crippen LogP contribution in [0.25, 0.3) is 0 Å². The fraction of sp³-hybridized carbons (Fsp3) is 0.711. The van der Waals surface area contributed by atoms with Crippen LogP contribution in [0.1, 0.15) is 111 Å². The lowest BCUT2D eigenvalue weighted by molar-refractivity contribution is -0.157. The van der Waals surface area contributed by atoms with Crippen molar-refractivity contribution in [2.45, 2.75) is 147 Å². The van der Waals surface area contributed by atoms with Crippen LogP contribution in [0.4, 0.5) is 4.79 Å². The molecule has 3 fully saturated rings. The first-order valence-electron chi connectivity index (χ1n) is 18.7. The number of rotatable bonds is 7. The van der Waals surface area contributed by atoms with Gasteiger partial charge in [0.15, 0.2) is 15.9 Å². The van der Waals surface area contributed by atoms with Crippen molar-refractivity contribution in [1.82, 2.24) is 20.9 Å². The minimum Gasteiger partial charge on any atom is -0.450 e. The molecule has 0 aromatic heterocycles. The van der Waals surface area contributed by atoms with Gasteiger partial charge < -0.3 is 30.3 Å². The molecule has 290 valence electrons. The molecule has 2 heterocycles. The number of amides is 4. The maximum absolute atomic E-state index is 14.4. The monoisotopic (exact) mass is 746 g/mol. The first-order chi connectivity index (χ1) is 24.3. The van der Waals surface area contributed by atoms with Gasteiger partial charge in [0.1, 0.15) is 23.6 Å². The van der Waals surface area contributed by atoms with Gasteiger partial charge in [-0.05, 0) is 69.9 Å². The van der Waals surface area contributed by atoms with E-state index in [4.69, 9.17) is 9.47 Å². The highest BCUT2D eigenvalue weighted by Crippen LogP contribution is 2.65. The molecule has 6 atom stereocenters. The van der Waals surface area contributed by atoms with Gasteiger partial charge in [-0.2, -0.15) is 0 Å². The maximum atomic E-state index is 14.4. The van der Waals surface area contributed by atoms with Crippen LogP contribution in [0.2, 0.25) is 0 Å². The molecule has 0 radical (unpaired) electrons. The van der Waals surface area contributed by atoms with Crippen LogP contribution < -0.4 is 16.0 Å². The number of benzene rings is 1. The Morgan fingerprint density at radius 3 is 2.12 bits per heavy atom. The zero-order valence-corrected chi connectivity index (χ0v) is 32.6. The summed E-state index contributed by atoms with van der Waals surface area (Å²) in [6.07, 6.45) is 5.37. The van der Waals surface area contributed by atoms with Gasteiger partial charge in [-0.25, -0.2) is 13.2 Å². The number of carbonyl (C=O) groups is 5. The Kier molecular flexibility index (Phi) is 13.4. The quantitative estimate of drug-likeness (QED) is 0.338. The van der Waals surface area contributed by atoms with E-state index < -0.39 is 69.4 Å². The largest absolute Gasteiger partial charge is 0.450 e. The second kappa shape index (κ2) is 17.0. The molecule has 4 amide bonds. The Morgan fingerprint density at radius 1 is 0.962 bits per heavy atom. The third-order valence-corrected chi connectivity index (χ3v) is 12.1. The summed E-state index contributed by atoms with van der Waals surface area (Å²) in [6.45, 7) is 12.7. The molecule has 2 aliphatic heterocycles. The van der Waals surface area contributed by atoms with Crippen LogP contribution in [-0.2, 0) is 38.5 Å². The van der Waals surface area contributed by atoms with Gasteiger partial charge in [-0.1, -0.05) is 82.9 Å². The normalized spacial score (nSPS) is 26.4. The van der Waals surface area contributed by atoms with Crippen molar-refractivity contribution < 1.29 is 41.9 Å². The van der Waals surface area contributed by atoms with E-state index in [-0.39, 0.29) is 34.5 Å². The molecule has 2 unspecified atom stereocenters. The predicted molar refractivity (Wildman–Crippen MR) is 194 cm³/mol. The summed E-state index contributed by atoms with van der Waals surface area (Å²) >= 11 is 0. The lowest BCUT2D eigenvalue weighted by Gasteiger charge is -2.35. The number of nitrogens with one attached hydrogen (secondary N) is 3. The molecule has 3 N–H and O–H groups in total. The Bertz CT molecular complexity index is 1570. The lowest BCUT2D eigenvalue weighted by atomic mass is 9.97. The van der Waals surface area contributed by atoms with E-state index in [0.29, 0.717) is 19.4 Å². The third kappa shape index (κ3) is 10.7. The van der Waals surface area contributed by atoms with Crippen molar-refractivity contribution in [2.24, 2.45) is 17.3 Å². The number of alkyl carbamates (subject to hydrolysis) is 1. The highest BCUT2D eigenvalue weighted by atomic mass is 32.2. The van der Waals surface area contributed by atoms with E-state index in [1.807, 2.05) is 6.92 Å². The average molecular weight is 747 g/mol. The lowest BCUT2D eigenvalue weighted by Crippen LogP contribution is -2.59. The average Bonchev–Trinajstić information content (AvgIpc) is 3.35. The second-order valence-electron chi connectivity index (χ2n) is 16.3. The maximum Gasteiger partial charge on any atom is 0.408 e. The fourth-order valence-electron chi connectivity index (χ4n) is 7.65. The summed E-state index contributed by atoms with van der Waals surface area (Å²) in [4.78, 5) is 69.2. The Balaban J connectivity index is 1.61. The van der Waals surface area contributed by atoms with E-state index in [1.54, 1.807) is 37.8 Å². The van der Waals surface area contributed by atoms with Gasteiger partial charge in [-0.3, -0.25) is 19.2 Å². The molecule has 13 nitrogen and oxygen atoms in total. The highest BCUT2D eigenvalue weighted by Gasteiger charge is 2.69. The summed E-state index contributed by atoms with van der Waals surface area (Å²) in [6, 6.07) is 3.45. The molecule has 0 spiro atoms. The first kappa shape index (κ1) is 41.1. The van der Waals surface area contributed by atoms with Crippen LogP contribution in [-0.4, -0.2) is 85.4 Å². The molecule has 14 heteroatoms. The molecular formula is C38H58N4O9S. The summed E-state index contributed by atoms with van der Waals surface area (Å²) in [5.74, 6) is -3.33. The molecule has 2 saturated heterocycles. The van der Waals surface area contributed by atoms with E-state index in [0.717, 1.165) is 57.4 Å². The fourth-order valence-corrected chi connectivity index (χ4v) is 8.70. The van der Waals surface area contributed by atoms with Crippen molar-refractivity contribution >= 4 is 39.6 Å². The van der Waals surface area contributed by atoms with E-state index in [2.05, 4.69) is 29.8 Å². The SMILES string of the molecule is CC(=O)OC(C(=O)NCS(=O)(=O)c1ccc(C)cc1)[C@@H]1CCCCCCCCCC[C@H](NC(=O)OC(C)(C)C)C(=O)N2CC3[C@@H]([C@H]2C(=O)N1)C3(C)C. The molecule has 1 aromatic rings. The zero-order chi connectivity index (χ0) is 38.4. The standard InChI is InChI=1S/C38H58N4O9S/c1-24-18-20-26(21-19-24)52(48,49)23-39-34(45)32(50-25(2)43)28-16-14-12-10-8-9-11-13-15-17-29(41-36(47)51-37(3,4)5)35(46)42-22-27-30(38(27,6)7)31(42)33(44)40-28/h18-21,27-32H,8-17,22-23H2,1-7H3,(H,39,45)(H,40,44)(H,41,47)/t27?,28-,29-,30-,31-,32?/m0/s1. The summed E-state index contributed by atoms with van der Waals surface area (Å²) in [7, 11) is -3.92. The molecule has 3 aliphatic rings. The van der Waals surface area contributed by atoms with Crippen LogP contribution in [0.5, 0.6) is 0 Å². The summed E-state index contributed by atoms with van der Waals surface area (Å²) < 4.78 is 37.1. The molecule has 52 heavy (non-hydrogen) atoms. The van der Waals surface area contributed by atoms with Crippen molar-refractivity contribution in [3.8, 4) is 0 Å². The number of fused-ring (bicyclic) bond motifs is 3. The Hall–Kier alpha value is -3.68. The number of esters is 1. The number of piperidine rings is 1. The van der Waals surface area contributed by atoms with Crippen molar-refractivity contribution in [1.29, 1.82) is 0 Å². The smallest absolute Gasteiger partial charge is 0.408 e. The van der Waals surface area contributed by atoms with Gasteiger partial charge in [-0.15, -0.1) is 0 Å². The number of hydrogen-bond donors (Lipinski definition) is 3. The molecular weight excluding hydrogens is 689 g/mol. The van der Waals surface area contributed by atoms with Crippen LogP contribution in [0.15, 0.2) is 29.2 Å². The summed E-state index contributed by atoms with van der Waals surface area (Å²) in [5, 5.41) is 8.18. The van der Waals surface area contributed by atoms with E-state index >= 15 is 0 Å². The number of hydrogen-bond acceptors (Lipinski definition) is 9. The van der Waals surface area contributed by atoms with Crippen molar-refractivity contribution in [3.63, 3.8) is 0 Å². The molecule has 0 bridgehead atoms. The van der Waals surface area contributed by atoms with Gasteiger partial charge in [0, 0.05) is 13.5 Å². The molecule has 1 saturated carbocycles. The van der Waals surface area contributed by atoms with Gasteiger partial charge in [0.25, 0.3) is 5.91 Å². The van der Waals surface area contributed by atoms with Crippen LogP contribution in [0, 0.1) is 24.2 Å². The van der Waals surface area contributed by atoms with Gasteiger partial charge in [0.05, 0.1) is 10.9 Å². The number of nitrogens with zero attached hydrogens (tertiary/aromatic N) is 1. The zero-order valence-electron chi connectivity index (χ0n) is 31.8. The number of carbonyl (C=O) groups excluding carboxylic acids is 5. The Morgan fingerprint density at radius 2 is 1.54 bits per heavy atom. The van der Waals surface area contributed by atoms with Gasteiger partial charge >= 0.3 is 12.1 Å². The third-order valence-electron chi connectivity index (χ3n) is 10.6. The van der Waals surface area contributed by atoms with E-state index in [1.165, 1.54) is 12.1 Å². The second-order valence-corrected chi connectivity index (χ2v) is 18.2. The van der Waals surface area contributed by atoms with Crippen LogP contribution in [0.3, 0.4) is 0 Å². The summed E-state index contributed by atoms with van der Waals surface area (Å²) in [5.41, 5.74) is -0.114. The number of aryl methyl sites for hydroxylation is 1. The van der Waals surface area contributed by atoms with Crippen molar-refractivity contribution in [2.75, 3.05) is 12.4 Å². The van der Waals surface area contributed by atoms with Crippen LogP contribution >= 0.6 is 0 Å². The molecule has 1 aliphatic carbocycles. The first-order valence-corrected chi connectivity index (χ1v) is 20.3. The number of sulfone groups is 1. The van der Waals surface area contributed by atoms with Crippen molar-refractivity contribution in [3.05, 3.63) is 29.8 Å². The number of ether oxygens (including phenoxy) is 2. The highest BCUT2D eigenvalue weighted by molar-refractivity contribution is 7.91. The Labute approximate surface area is 308 Å². The minimum atomic E-state index is -3.92. The topological polar surface area (TPSA) is 177 Å². The molecule has 4 rings (SSSR count).